The zero-order valence-electron chi connectivity index (χ0n) is 13.8. The van der Waals surface area contributed by atoms with Gasteiger partial charge in [0.1, 0.15) is 0 Å². The van der Waals surface area contributed by atoms with Crippen LogP contribution in [0.1, 0.15) is 38.1 Å². The summed E-state index contributed by atoms with van der Waals surface area (Å²) in [5, 5.41) is 0. The molecule has 1 N–H and O–H groups in total. The van der Waals surface area contributed by atoms with Crippen molar-refractivity contribution >= 4 is 16.9 Å². The second-order valence-electron chi connectivity index (χ2n) is 6.90. The Kier molecular flexibility index (Phi) is 4.00. The number of carbonyl (C=O) groups excluding carboxylic acids is 1. The lowest BCUT2D eigenvalue weighted by molar-refractivity contribution is -0.133. The lowest BCUT2D eigenvalue weighted by atomic mass is 10.0. The van der Waals surface area contributed by atoms with Crippen LogP contribution in [0.25, 0.3) is 11.0 Å². The third-order valence-corrected chi connectivity index (χ3v) is 5.36. The van der Waals surface area contributed by atoms with Crippen molar-refractivity contribution in [1.29, 1.82) is 0 Å². The van der Waals surface area contributed by atoms with Gasteiger partial charge in [0.15, 0.2) is 0 Å². The molecule has 1 saturated heterocycles. The smallest absolute Gasteiger partial charge is 0.326 e. The van der Waals surface area contributed by atoms with Gasteiger partial charge >= 0.3 is 5.69 Å². The van der Waals surface area contributed by atoms with E-state index in [1.165, 1.54) is 0 Å². The molecule has 4 rings (SSSR count). The first-order valence-electron chi connectivity index (χ1n) is 8.86. The van der Waals surface area contributed by atoms with Crippen molar-refractivity contribution in [1.82, 2.24) is 14.5 Å². The summed E-state index contributed by atoms with van der Waals surface area (Å²) in [7, 11) is 0. The van der Waals surface area contributed by atoms with Gasteiger partial charge in [-0.15, -0.1) is 0 Å². The molecule has 1 amide bonds. The van der Waals surface area contributed by atoms with Crippen molar-refractivity contribution in [3.63, 3.8) is 0 Å². The molecule has 1 atom stereocenters. The molecule has 0 spiro atoms. The number of nitrogens with one attached hydrogen (secondary N) is 1. The van der Waals surface area contributed by atoms with Crippen LogP contribution in [0.3, 0.4) is 0 Å². The molecule has 1 aromatic carbocycles. The molecule has 126 valence electrons. The fraction of sp³-hybridized carbons (Fsp3) is 0.474. The Balaban J connectivity index is 1.44. The Bertz CT molecular complexity index is 824. The monoisotopic (exact) mass is 325 g/mol. The Labute approximate surface area is 141 Å². The van der Waals surface area contributed by atoms with Crippen LogP contribution in [0.15, 0.2) is 41.2 Å². The molecule has 1 unspecified atom stereocenters. The van der Waals surface area contributed by atoms with Gasteiger partial charge in [-0.25, -0.2) is 4.79 Å². The van der Waals surface area contributed by atoms with Crippen LogP contribution in [-0.4, -0.2) is 33.4 Å². The van der Waals surface area contributed by atoms with Crippen LogP contribution < -0.4 is 5.69 Å². The van der Waals surface area contributed by atoms with E-state index in [2.05, 4.69) is 17.1 Å². The summed E-state index contributed by atoms with van der Waals surface area (Å²) < 4.78 is 1.87. The lowest BCUT2D eigenvalue weighted by Gasteiger charge is -2.33. The highest BCUT2D eigenvalue weighted by molar-refractivity contribution is 5.77. The van der Waals surface area contributed by atoms with Crippen molar-refractivity contribution in [2.45, 2.75) is 38.1 Å². The molecule has 1 aliphatic carbocycles. The average molecular weight is 325 g/mol. The summed E-state index contributed by atoms with van der Waals surface area (Å²) >= 11 is 0. The van der Waals surface area contributed by atoms with Crippen LogP contribution >= 0.6 is 0 Å². The molecular weight excluding hydrogens is 302 g/mol. The Morgan fingerprint density at radius 3 is 2.71 bits per heavy atom. The number of benzene rings is 1. The number of fused-ring (bicyclic) bond motifs is 1. The Morgan fingerprint density at radius 1 is 1.17 bits per heavy atom. The number of aromatic nitrogens is 2. The summed E-state index contributed by atoms with van der Waals surface area (Å²) in [6.45, 7) is 1.48. The molecule has 5 heteroatoms. The molecule has 0 saturated carbocycles. The number of allylic oxidation sites excluding steroid dienone is 2. The molecule has 0 bridgehead atoms. The summed E-state index contributed by atoms with van der Waals surface area (Å²) in [4.78, 5) is 29.6. The number of imidazole rings is 1. The highest BCUT2D eigenvalue weighted by Gasteiger charge is 2.27. The molecule has 5 nitrogen and oxygen atoms in total. The summed E-state index contributed by atoms with van der Waals surface area (Å²) in [6, 6.07) is 7.98. The number of hydrogen-bond acceptors (Lipinski definition) is 2. The molecule has 2 aliphatic rings. The number of H-pyrrole nitrogens is 1. The number of rotatable bonds is 3. The number of aromatic amines is 1. The van der Waals surface area contributed by atoms with Gasteiger partial charge in [0, 0.05) is 25.6 Å². The minimum absolute atomic E-state index is 0.0444. The number of amides is 1. The van der Waals surface area contributed by atoms with Crippen molar-refractivity contribution in [3.05, 3.63) is 46.9 Å². The van der Waals surface area contributed by atoms with Crippen LogP contribution in [0, 0.1) is 5.92 Å². The predicted octanol–water partition coefficient (Wildman–Crippen LogP) is 2.85. The van der Waals surface area contributed by atoms with E-state index >= 15 is 0 Å². The maximum atomic E-state index is 12.4. The van der Waals surface area contributed by atoms with Gasteiger partial charge in [0.05, 0.1) is 11.0 Å². The highest BCUT2D eigenvalue weighted by atomic mass is 16.2. The van der Waals surface area contributed by atoms with E-state index in [1.54, 1.807) is 0 Å². The predicted molar refractivity (Wildman–Crippen MR) is 93.9 cm³/mol. The molecule has 0 radical (unpaired) electrons. The van der Waals surface area contributed by atoms with Gasteiger partial charge in [-0.3, -0.25) is 9.36 Å². The number of hydrogen-bond donors (Lipinski definition) is 1. The highest BCUT2D eigenvalue weighted by Crippen LogP contribution is 2.27. The summed E-state index contributed by atoms with van der Waals surface area (Å²) in [5.41, 5.74) is 1.80. The number of nitrogens with zero attached hydrogens (tertiary/aromatic N) is 2. The molecule has 1 fully saturated rings. The maximum absolute atomic E-state index is 12.4. The minimum Gasteiger partial charge on any atom is -0.343 e. The van der Waals surface area contributed by atoms with Crippen molar-refractivity contribution in [2.75, 3.05) is 13.1 Å². The SMILES string of the molecule is O=C(CC1C=CCC1)N1CCC(n2c(=O)[nH]c3ccccc32)CC1. The molecule has 2 heterocycles. The van der Waals surface area contributed by atoms with Crippen LogP contribution in [0.2, 0.25) is 0 Å². The van der Waals surface area contributed by atoms with E-state index in [-0.39, 0.29) is 17.6 Å². The van der Waals surface area contributed by atoms with Crippen molar-refractivity contribution in [2.24, 2.45) is 5.92 Å². The fourth-order valence-electron chi connectivity index (χ4n) is 4.03. The van der Waals surface area contributed by atoms with Crippen LogP contribution in [0.4, 0.5) is 0 Å². The first-order chi connectivity index (χ1) is 11.7. The fourth-order valence-corrected chi connectivity index (χ4v) is 4.03. The van der Waals surface area contributed by atoms with E-state index < -0.39 is 0 Å². The number of piperidine rings is 1. The van der Waals surface area contributed by atoms with Crippen molar-refractivity contribution < 1.29 is 4.79 Å². The van der Waals surface area contributed by atoms with E-state index in [0.29, 0.717) is 12.3 Å². The first kappa shape index (κ1) is 15.2. The number of likely N-dealkylation sites (tertiary alicyclic amines) is 1. The molecule has 1 aromatic heterocycles. The number of carbonyl (C=O) groups is 1. The second-order valence-corrected chi connectivity index (χ2v) is 6.90. The minimum atomic E-state index is -0.0444. The molecular formula is C19H23N3O2. The zero-order valence-corrected chi connectivity index (χ0v) is 13.8. The number of para-hydroxylation sites is 2. The maximum Gasteiger partial charge on any atom is 0.326 e. The van der Waals surface area contributed by atoms with Gasteiger partial charge in [0.25, 0.3) is 0 Å². The van der Waals surface area contributed by atoms with Crippen LogP contribution in [0.5, 0.6) is 0 Å². The third-order valence-electron chi connectivity index (χ3n) is 5.36. The molecule has 2 aromatic rings. The quantitative estimate of drug-likeness (QED) is 0.882. The zero-order chi connectivity index (χ0) is 16.5. The van der Waals surface area contributed by atoms with Crippen LogP contribution in [-0.2, 0) is 4.79 Å². The first-order valence-corrected chi connectivity index (χ1v) is 8.86. The standard InChI is InChI=1S/C19H23N3O2/c23-18(13-14-5-1-2-6-14)21-11-9-15(10-12-21)22-17-8-4-3-7-16(17)20-19(22)24/h1,3-5,7-8,14-15H,2,6,9-13H2,(H,20,24). The molecule has 1 aliphatic heterocycles. The van der Waals surface area contributed by atoms with E-state index in [1.807, 2.05) is 33.7 Å². The van der Waals surface area contributed by atoms with E-state index in [9.17, 15) is 9.59 Å². The van der Waals surface area contributed by atoms with Crippen molar-refractivity contribution in [3.8, 4) is 0 Å². The topological polar surface area (TPSA) is 58.1 Å². The van der Waals surface area contributed by atoms with E-state index in [0.717, 1.165) is 49.8 Å². The summed E-state index contributed by atoms with van der Waals surface area (Å²) in [5.74, 6) is 0.683. The Hall–Kier alpha value is -2.30. The average Bonchev–Trinajstić information content (AvgIpc) is 3.21. The summed E-state index contributed by atoms with van der Waals surface area (Å²) in [6.07, 6.45) is 8.87. The van der Waals surface area contributed by atoms with Gasteiger partial charge in [-0.2, -0.15) is 0 Å². The Morgan fingerprint density at radius 2 is 1.96 bits per heavy atom. The second kappa shape index (κ2) is 6.30. The van der Waals surface area contributed by atoms with Gasteiger partial charge in [-0.05, 0) is 43.7 Å². The molecule has 24 heavy (non-hydrogen) atoms. The normalized spacial score (nSPS) is 21.7. The van der Waals surface area contributed by atoms with E-state index in [4.69, 9.17) is 0 Å². The van der Waals surface area contributed by atoms with Gasteiger partial charge < -0.3 is 9.88 Å². The van der Waals surface area contributed by atoms with Gasteiger partial charge in [-0.1, -0.05) is 24.3 Å². The third kappa shape index (κ3) is 2.79. The lowest BCUT2D eigenvalue weighted by Crippen LogP contribution is -2.40. The largest absolute Gasteiger partial charge is 0.343 e. The van der Waals surface area contributed by atoms with Gasteiger partial charge in [0.2, 0.25) is 5.91 Å².